The summed E-state index contributed by atoms with van der Waals surface area (Å²) in [7, 11) is 0. The van der Waals surface area contributed by atoms with Crippen molar-refractivity contribution in [2.45, 2.75) is 6.42 Å². The van der Waals surface area contributed by atoms with Gasteiger partial charge < -0.3 is 5.11 Å². The van der Waals surface area contributed by atoms with Crippen LogP contribution in [0.3, 0.4) is 0 Å². The van der Waals surface area contributed by atoms with E-state index >= 15 is 0 Å². The number of rotatable bonds is 3. The number of Topliss-reactive ketones (excluding diaryl/α,β-unsaturated/α-hetero) is 1. The van der Waals surface area contributed by atoms with Crippen LogP contribution in [0.2, 0.25) is 0 Å². The van der Waals surface area contributed by atoms with Crippen molar-refractivity contribution in [3.05, 3.63) is 64.1 Å². The first-order valence-electron chi connectivity index (χ1n) is 5.23. The highest BCUT2D eigenvalue weighted by molar-refractivity contribution is 9.10. The van der Waals surface area contributed by atoms with E-state index in [9.17, 15) is 9.90 Å². The maximum atomic E-state index is 12.0. The molecule has 1 N–H and O–H groups in total. The van der Waals surface area contributed by atoms with Crippen molar-refractivity contribution >= 4 is 21.7 Å². The molecule has 0 bridgehead atoms. The Bertz CT molecular complexity index is 549. The number of phenols is 1. The molecular weight excluding hydrogens is 280 g/mol. The molecule has 2 aromatic carbocycles. The second-order valence-electron chi connectivity index (χ2n) is 3.71. The monoisotopic (exact) mass is 290 g/mol. The Labute approximate surface area is 108 Å². The molecule has 0 aliphatic carbocycles. The summed E-state index contributed by atoms with van der Waals surface area (Å²) in [6.07, 6.45) is 0.277. The molecule has 0 atom stereocenters. The predicted octanol–water partition coefficient (Wildman–Crippen LogP) is 3.58. The molecule has 3 heteroatoms. The summed E-state index contributed by atoms with van der Waals surface area (Å²) in [6, 6.07) is 14.2. The van der Waals surface area contributed by atoms with Crippen molar-refractivity contribution in [1.82, 2.24) is 0 Å². The fourth-order valence-corrected chi connectivity index (χ4v) is 2.04. The minimum absolute atomic E-state index is 0.0320. The Hall–Kier alpha value is -1.61. The quantitative estimate of drug-likeness (QED) is 0.878. The maximum absolute atomic E-state index is 12.0. The first-order valence-corrected chi connectivity index (χ1v) is 6.02. The van der Waals surface area contributed by atoms with Crippen molar-refractivity contribution in [3.63, 3.8) is 0 Å². The Morgan fingerprint density at radius 3 is 2.41 bits per heavy atom. The van der Waals surface area contributed by atoms with E-state index in [0.29, 0.717) is 5.56 Å². The summed E-state index contributed by atoms with van der Waals surface area (Å²) in [5.74, 6) is -0.0560. The van der Waals surface area contributed by atoms with Gasteiger partial charge in [-0.25, -0.2) is 0 Å². The first-order chi connectivity index (χ1) is 8.18. The number of carbonyl (C=O) groups excluding carboxylic acids is 1. The van der Waals surface area contributed by atoms with Crippen LogP contribution in [-0.2, 0) is 6.42 Å². The Morgan fingerprint density at radius 1 is 1.06 bits per heavy atom. The average molecular weight is 291 g/mol. The number of benzene rings is 2. The van der Waals surface area contributed by atoms with Crippen molar-refractivity contribution in [2.24, 2.45) is 0 Å². The fourth-order valence-electron chi connectivity index (χ4n) is 1.62. The van der Waals surface area contributed by atoms with Crippen molar-refractivity contribution in [1.29, 1.82) is 0 Å². The van der Waals surface area contributed by atoms with E-state index in [1.165, 1.54) is 6.07 Å². The topological polar surface area (TPSA) is 37.3 Å². The van der Waals surface area contributed by atoms with E-state index in [0.717, 1.165) is 10.0 Å². The predicted molar refractivity (Wildman–Crippen MR) is 70.3 cm³/mol. The summed E-state index contributed by atoms with van der Waals surface area (Å²) in [5.41, 5.74) is 1.28. The zero-order valence-electron chi connectivity index (χ0n) is 9.06. The molecule has 0 unspecified atom stereocenters. The molecule has 0 aliphatic rings. The second kappa shape index (κ2) is 5.15. The van der Waals surface area contributed by atoms with Gasteiger partial charge in [0.15, 0.2) is 5.78 Å². The van der Waals surface area contributed by atoms with Crippen molar-refractivity contribution in [3.8, 4) is 5.75 Å². The van der Waals surface area contributed by atoms with Crippen molar-refractivity contribution in [2.75, 3.05) is 0 Å². The smallest absolute Gasteiger partial charge is 0.170 e. The third-order valence-corrected chi connectivity index (χ3v) is 3.29. The molecule has 2 rings (SSSR count). The SMILES string of the molecule is O=C(Cc1ccccc1Br)c1ccccc1O. The van der Waals surface area contributed by atoms with Crippen LogP contribution in [0.5, 0.6) is 5.75 Å². The number of halogens is 1. The molecule has 0 aromatic heterocycles. The third kappa shape index (κ3) is 2.74. The van der Waals surface area contributed by atoms with Crippen LogP contribution in [0.1, 0.15) is 15.9 Å². The Kier molecular flexibility index (Phi) is 3.59. The van der Waals surface area contributed by atoms with E-state index in [1.54, 1.807) is 18.2 Å². The van der Waals surface area contributed by atoms with Gasteiger partial charge in [0.05, 0.1) is 5.56 Å². The van der Waals surface area contributed by atoms with Gasteiger partial charge in [-0.2, -0.15) is 0 Å². The Morgan fingerprint density at radius 2 is 1.71 bits per heavy atom. The van der Waals surface area contributed by atoms with Gasteiger partial charge in [-0.3, -0.25) is 4.79 Å². The second-order valence-corrected chi connectivity index (χ2v) is 4.56. The van der Waals surface area contributed by atoms with Gasteiger partial charge in [0.1, 0.15) is 5.75 Å². The van der Waals surface area contributed by atoms with Crippen LogP contribution < -0.4 is 0 Å². The van der Waals surface area contributed by atoms with E-state index < -0.39 is 0 Å². The zero-order chi connectivity index (χ0) is 12.3. The van der Waals surface area contributed by atoms with Crippen LogP contribution in [0.15, 0.2) is 53.0 Å². The molecule has 0 amide bonds. The molecule has 0 heterocycles. The molecule has 0 radical (unpaired) electrons. The molecule has 2 aromatic rings. The lowest BCUT2D eigenvalue weighted by molar-refractivity contribution is 0.0990. The number of hydrogen-bond donors (Lipinski definition) is 1. The standard InChI is InChI=1S/C14H11BrO2/c15-12-7-3-1-5-10(12)9-14(17)11-6-2-4-8-13(11)16/h1-8,16H,9H2. The summed E-state index contributed by atoms with van der Waals surface area (Å²) < 4.78 is 0.906. The normalized spacial score (nSPS) is 10.2. The molecule has 0 fully saturated rings. The largest absolute Gasteiger partial charge is 0.507 e. The molecule has 2 nitrogen and oxygen atoms in total. The first kappa shape index (κ1) is 11.9. The number of para-hydroxylation sites is 1. The van der Waals surface area contributed by atoms with E-state index in [1.807, 2.05) is 24.3 Å². The fraction of sp³-hybridized carbons (Fsp3) is 0.0714. The lowest BCUT2D eigenvalue weighted by Gasteiger charge is -2.05. The summed E-state index contributed by atoms with van der Waals surface area (Å²) in [6.45, 7) is 0. The van der Waals surface area contributed by atoms with Crippen LogP contribution in [0.4, 0.5) is 0 Å². The van der Waals surface area contributed by atoms with E-state index in [2.05, 4.69) is 15.9 Å². The highest BCUT2D eigenvalue weighted by Gasteiger charge is 2.12. The lowest BCUT2D eigenvalue weighted by Crippen LogP contribution is -2.04. The minimum atomic E-state index is -0.0880. The van der Waals surface area contributed by atoms with Gasteiger partial charge in [0, 0.05) is 10.9 Å². The van der Waals surface area contributed by atoms with Gasteiger partial charge in [-0.15, -0.1) is 0 Å². The van der Waals surface area contributed by atoms with E-state index in [-0.39, 0.29) is 18.0 Å². The highest BCUT2D eigenvalue weighted by atomic mass is 79.9. The summed E-state index contributed by atoms with van der Waals surface area (Å²) in [5, 5.41) is 9.60. The highest BCUT2D eigenvalue weighted by Crippen LogP contribution is 2.21. The molecular formula is C14H11BrO2. The van der Waals surface area contributed by atoms with Gasteiger partial charge >= 0.3 is 0 Å². The van der Waals surface area contributed by atoms with Gasteiger partial charge in [0.2, 0.25) is 0 Å². The van der Waals surface area contributed by atoms with Gasteiger partial charge in [0.25, 0.3) is 0 Å². The number of carbonyl (C=O) groups is 1. The molecule has 86 valence electrons. The van der Waals surface area contributed by atoms with Crippen LogP contribution in [0.25, 0.3) is 0 Å². The maximum Gasteiger partial charge on any atom is 0.170 e. The molecule has 0 saturated heterocycles. The number of phenolic OH excluding ortho intramolecular Hbond substituents is 1. The lowest BCUT2D eigenvalue weighted by atomic mass is 10.0. The average Bonchev–Trinajstić information content (AvgIpc) is 2.32. The molecule has 0 aliphatic heterocycles. The zero-order valence-corrected chi connectivity index (χ0v) is 10.6. The molecule has 0 saturated carbocycles. The minimum Gasteiger partial charge on any atom is -0.507 e. The summed E-state index contributed by atoms with van der Waals surface area (Å²) >= 11 is 3.40. The van der Waals surface area contributed by atoms with Crippen LogP contribution >= 0.6 is 15.9 Å². The van der Waals surface area contributed by atoms with Crippen LogP contribution in [-0.4, -0.2) is 10.9 Å². The van der Waals surface area contributed by atoms with Gasteiger partial charge in [-0.1, -0.05) is 46.3 Å². The molecule has 0 spiro atoms. The molecule has 17 heavy (non-hydrogen) atoms. The summed E-state index contributed by atoms with van der Waals surface area (Å²) in [4.78, 5) is 12.0. The van der Waals surface area contributed by atoms with Crippen molar-refractivity contribution < 1.29 is 9.90 Å². The number of hydrogen-bond acceptors (Lipinski definition) is 2. The third-order valence-electron chi connectivity index (χ3n) is 2.51. The van der Waals surface area contributed by atoms with Crippen LogP contribution in [0, 0.1) is 0 Å². The Balaban J connectivity index is 2.24. The number of aromatic hydroxyl groups is 1. The van der Waals surface area contributed by atoms with Gasteiger partial charge in [-0.05, 0) is 23.8 Å². The number of ketones is 1. The van der Waals surface area contributed by atoms with E-state index in [4.69, 9.17) is 0 Å².